The molecule has 1 aromatic rings. The molecule has 1 aromatic carbocycles. The number of aliphatic carboxylic acids is 1. The van der Waals surface area contributed by atoms with Gasteiger partial charge in [-0.2, -0.15) is 0 Å². The molecule has 0 bridgehead atoms. The monoisotopic (exact) mass is 258 g/mol. The SMILES string of the molecule is C/C(=C/c1ccc(Br)cc1F)C(=O)O. The van der Waals surface area contributed by atoms with Crippen LogP contribution in [0.15, 0.2) is 28.2 Å². The molecule has 14 heavy (non-hydrogen) atoms. The van der Waals surface area contributed by atoms with Crippen LogP contribution in [0.1, 0.15) is 12.5 Å². The molecule has 0 aliphatic rings. The Hall–Kier alpha value is -1.16. The summed E-state index contributed by atoms with van der Waals surface area (Å²) in [6.07, 6.45) is 1.30. The van der Waals surface area contributed by atoms with Gasteiger partial charge in [0.05, 0.1) is 0 Å². The van der Waals surface area contributed by atoms with E-state index < -0.39 is 11.8 Å². The molecule has 4 heteroatoms. The van der Waals surface area contributed by atoms with Gasteiger partial charge in [0.25, 0.3) is 0 Å². The van der Waals surface area contributed by atoms with Gasteiger partial charge in [0, 0.05) is 15.6 Å². The van der Waals surface area contributed by atoms with Crippen molar-refractivity contribution < 1.29 is 14.3 Å². The van der Waals surface area contributed by atoms with Gasteiger partial charge in [0.2, 0.25) is 0 Å². The molecule has 0 spiro atoms. The van der Waals surface area contributed by atoms with Gasteiger partial charge in [0.1, 0.15) is 5.82 Å². The highest BCUT2D eigenvalue weighted by Crippen LogP contribution is 2.17. The average Bonchev–Trinajstić information content (AvgIpc) is 2.09. The van der Waals surface area contributed by atoms with Crippen LogP contribution in [0.3, 0.4) is 0 Å². The predicted octanol–water partition coefficient (Wildman–Crippen LogP) is 3.08. The number of carbonyl (C=O) groups is 1. The fourth-order valence-electron chi connectivity index (χ4n) is 0.914. The fourth-order valence-corrected chi connectivity index (χ4v) is 1.25. The molecule has 0 saturated carbocycles. The first-order valence-corrected chi connectivity index (χ1v) is 4.66. The summed E-state index contributed by atoms with van der Waals surface area (Å²) < 4.78 is 13.8. The molecule has 1 rings (SSSR count). The van der Waals surface area contributed by atoms with E-state index in [1.54, 1.807) is 6.07 Å². The Kier molecular flexibility index (Phi) is 3.41. The van der Waals surface area contributed by atoms with E-state index in [0.29, 0.717) is 4.47 Å². The lowest BCUT2D eigenvalue weighted by Gasteiger charge is -1.98. The molecular weight excluding hydrogens is 251 g/mol. The van der Waals surface area contributed by atoms with Crippen LogP contribution in [-0.4, -0.2) is 11.1 Å². The van der Waals surface area contributed by atoms with Gasteiger partial charge in [-0.15, -0.1) is 0 Å². The Morgan fingerprint density at radius 1 is 1.57 bits per heavy atom. The van der Waals surface area contributed by atoms with E-state index in [1.165, 1.54) is 25.1 Å². The first-order valence-electron chi connectivity index (χ1n) is 3.87. The minimum atomic E-state index is -1.05. The number of carboxylic acids is 1. The molecule has 0 unspecified atom stereocenters. The number of halogens is 2. The van der Waals surface area contributed by atoms with Crippen molar-refractivity contribution in [3.8, 4) is 0 Å². The third kappa shape index (κ3) is 2.67. The van der Waals surface area contributed by atoms with Crippen LogP contribution in [0.25, 0.3) is 6.08 Å². The first-order chi connectivity index (χ1) is 6.50. The van der Waals surface area contributed by atoms with Crippen molar-refractivity contribution in [1.29, 1.82) is 0 Å². The third-order valence-electron chi connectivity index (χ3n) is 1.67. The molecule has 0 aliphatic heterocycles. The zero-order chi connectivity index (χ0) is 10.7. The maximum atomic E-state index is 13.2. The second-order valence-corrected chi connectivity index (χ2v) is 3.71. The lowest BCUT2D eigenvalue weighted by molar-refractivity contribution is -0.132. The number of carboxylic acid groups (broad SMARTS) is 1. The van der Waals surface area contributed by atoms with Crippen molar-refractivity contribution in [3.05, 3.63) is 39.6 Å². The molecule has 0 heterocycles. The number of rotatable bonds is 2. The predicted molar refractivity (Wildman–Crippen MR) is 55.4 cm³/mol. The average molecular weight is 259 g/mol. The Labute approximate surface area is 89.2 Å². The summed E-state index contributed by atoms with van der Waals surface area (Å²) in [6.45, 7) is 1.42. The van der Waals surface area contributed by atoms with E-state index in [9.17, 15) is 9.18 Å². The normalized spacial score (nSPS) is 11.5. The summed E-state index contributed by atoms with van der Waals surface area (Å²) in [5, 5.41) is 8.59. The van der Waals surface area contributed by atoms with Gasteiger partial charge in [0.15, 0.2) is 0 Å². The van der Waals surface area contributed by atoms with E-state index in [4.69, 9.17) is 5.11 Å². The van der Waals surface area contributed by atoms with Crippen molar-refractivity contribution in [2.45, 2.75) is 6.92 Å². The van der Waals surface area contributed by atoms with Gasteiger partial charge < -0.3 is 5.11 Å². The van der Waals surface area contributed by atoms with Crippen molar-refractivity contribution in [1.82, 2.24) is 0 Å². The van der Waals surface area contributed by atoms with Crippen LogP contribution in [0.5, 0.6) is 0 Å². The molecule has 1 N–H and O–H groups in total. The van der Waals surface area contributed by atoms with Crippen LogP contribution in [0.4, 0.5) is 4.39 Å². The highest BCUT2D eigenvalue weighted by atomic mass is 79.9. The van der Waals surface area contributed by atoms with Crippen molar-refractivity contribution >= 4 is 28.0 Å². The lowest BCUT2D eigenvalue weighted by Crippen LogP contribution is -1.96. The van der Waals surface area contributed by atoms with Crippen molar-refractivity contribution in [3.63, 3.8) is 0 Å². The Morgan fingerprint density at radius 2 is 2.21 bits per heavy atom. The van der Waals surface area contributed by atoms with E-state index in [1.807, 2.05) is 0 Å². The van der Waals surface area contributed by atoms with E-state index in [-0.39, 0.29) is 11.1 Å². The van der Waals surface area contributed by atoms with E-state index in [0.717, 1.165) is 0 Å². The maximum Gasteiger partial charge on any atom is 0.331 e. The van der Waals surface area contributed by atoms with Gasteiger partial charge >= 0.3 is 5.97 Å². The summed E-state index contributed by atoms with van der Waals surface area (Å²) in [7, 11) is 0. The molecule has 2 nitrogen and oxygen atoms in total. The van der Waals surface area contributed by atoms with Gasteiger partial charge in [-0.25, -0.2) is 9.18 Å². The van der Waals surface area contributed by atoms with Gasteiger partial charge in [-0.1, -0.05) is 22.0 Å². The zero-order valence-electron chi connectivity index (χ0n) is 7.42. The minimum absolute atomic E-state index is 0.103. The molecule has 74 valence electrons. The highest BCUT2D eigenvalue weighted by Gasteiger charge is 2.04. The Morgan fingerprint density at radius 3 is 2.71 bits per heavy atom. The molecule has 0 saturated heterocycles. The smallest absolute Gasteiger partial charge is 0.331 e. The van der Waals surface area contributed by atoms with Crippen LogP contribution in [-0.2, 0) is 4.79 Å². The quantitative estimate of drug-likeness (QED) is 0.828. The zero-order valence-corrected chi connectivity index (χ0v) is 9.01. The Balaban J connectivity index is 3.09. The fraction of sp³-hybridized carbons (Fsp3) is 0.100. The second-order valence-electron chi connectivity index (χ2n) is 2.80. The van der Waals surface area contributed by atoms with Crippen molar-refractivity contribution in [2.75, 3.05) is 0 Å². The van der Waals surface area contributed by atoms with Crippen LogP contribution >= 0.6 is 15.9 Å². The Bertz CT molecular complexity index is 399. The summed E-state index contributed by atoms with van der Waals surface area (Å²) in [6, 6.07) is 4.47. The topological polar surface area (TPSA) is 37.3 Å². The maximum absolute atomic E-state index is 13.2. The van der Waals surface area contributed by atoms with Gasteiger partial charge in [-0.3, -0.25) is 0 Å². The lowest BCUT2D eigenvalue weighted by atomic mass is 10.1. The number of benzene rings is 1. The number of hydrogen-bond acceptors (Lipinski definition) is 1. The van der Waals surface area contributed by atoms with Crippen LogP contribution < -0.4 is 0 Å². The third-order valence-corrected chi connectivity index (χ3v) is 2.17. The molecule has 0 atom stereocenters. The molecule has 0 radical (unpaired) electrons. The second kappa shape index (κ2) is 4.37. The largest absolute Gasteiger partial charge is 0.478 e. The molecule has 0 fully saturated rings. The van der Waals surface area contributed by atoms with E-state index in [2.05, 4.69) is 15.9 Å². The van der Waals surface area contributed by atoms with Crippen LogP contribution in [0, 0.1) is 5.82 Å². The van der Waals surface area contributed by atoms with Gasteiger partial charge in [-0.05, 0) is 25.1 Å². The first kappa shape index (κ1) is 10.9. The number of hydrogen-bond donors (Lipinski definition) is 1. The summed E-state index contributed by atoms with van der Waals surface area (Å²) in [5.74, 6) is -1.49. The highest BCUT2D eigenvalue weighted by molar-refractivity contribution is 9.10. The molecule has 0 amide bonds. The van der Waals surface area contributed by atoms with Crippen molar-refractivity contribution in [2.24, 2.45) is 0 Å². The minimum Gasteiger partial charge on any atom is -0.478 e. The molecular formula is C10H8BrFO2. The summed E-state index contributed by atoms with van der Waals surface area (Å²) >= 11 is 3.11. The summed E-state index contributed by atoms with van der Waals surface area (Å²) in [5.41, 5.74) is 0.374. The summed E-state index contributed by atoms with van der Waals surface area (Å²) in [4.78, 5) is 10.5. The van der Waals surface area contributed by atoms with Crippen LogP contribution in [0.2, 0.25) is 0 Å². The molecule has 0 aliphatic carbocycles. The standard InChI is InChI=1S/C10H8BrFO2/c1-6(10(13)14)4-7-2-3-8(11)5-9(7)12/h2-5H,1H3,(H,13,14)/b6-4-. The van der Waals surface area contributed by atoms with E-state index >= 15 is 0 Å². The molecule has 0 aromatic heterocycles.